The first-order valence-corrected chi connectivity index (χ1v) is 3.74. The molecule has 10 heavy (non-hydrogen) atoms. The van der Waals surface area contributed by atoms with Gasteiger partial charge in [-0.25, -0.2) is 0 Å². The number of rotatable bonds is 1. The van der Waals surface area contributed by atoms with Crippen molar-refractivity contribution in [1.82, 2.24) is 4.31 Å². The van der Waals surface area contributed by atoms with Crippen LogP contribution >= 0.6 is 29.8 Å². The van der Waals surface area contributed by atoms with E-state index in [2.05, 4.69) is 24.7 Å². The molecule has 0 atom stereocenters. The minimum absolute atomic E-state index is 0. The predicted molar refractivity (Wildman–Crippen MR) is 53.2 cm³/mol. The molecule has 0 fully saturated rings. The van der Waals surface area contributed by atoms with Crippen LogP contribution in [0.1, 0.15) is 19.8 Å². The molecule has 0 N–H and O–H groups in total. The fraction of sp³-hybridized carbons (Fsp3) is 0.833. The Labute approximate surface area is 78.0 Å². The average molecular weight is 225 g/mol. The van der Waals surface area contributed by atoms with Crippen LogP contribution in [0.2, 0.25) is 0 Å². The molecule has 1 aliphatic heterocycles. The van der Waals surface area contributed by atoms with Gasteiger partial charge in [0.05, 0.1) is 0 Å². The summed E-state index contributed by atoms with van der Waals surface area (Å²) in [5, 5.41) is 0. The first-order valence-electron chi connectivity index (χ1n) is 3.34. The van der Waals surface area contributed by atoms with Crippen LogP contribution in [0.25, 0.3) is 0 Å². The fourth-order valence-corrected chi connectivity index (χ4v) is 1.28. The van der Waals surface area contributed by atoms with Gasteiger partial charge in [-0.1, -0.05) is 19.7 Å². The third-order valence-electron chi connectivity index (χ3n) is 1.44. The maximum absolute atomic E-state index is 4.30. The van der Waals surface area contributed by atoms with E-state index in [1.54, 1.807) is 0 Å². The molecule has 1 aliphatic rings. The molecule has 60 valence electrons. The molecular formula is C6H13BrN2S. The first-order chi connectivity index (χ1) is 4.34. The molecule has 0 bridgehead atoms. The summed E-state index contributed by atoms with van der Waals surface area (Å²) < 4.78 is 1.93. The van der Waals surface area contributed by atoms with Gasteiger partial charge in [0, 0.05) is 19.5 Å². The lowest BCUT2D eigenvalue weighted by Crippen LogP contribution is -2.26. The fourth-order valence-electron chi connectivity index (χ4n) is 0.934. The Kier molecular flexibility index (Phi) is 5.17. The molecule has 1 rings (SSSR count). The highest BCUT2D eigenvalue weighted by molar-refractivity contribution is 8.93. The highest BCUT2D eigenvalue weighted by Crippen LogP contribution is 2.06. The molecule has 0 unspecified atom stereocenters. The van der Waals surface area contributed by atoms with Gasteiger partial charge in [0.2, 0.25) is 0 Å². The van der Waals surface area contributed by atoms with Crippen molar-refractivity contribution < 1.29 is 0 Å². The Hall–Kier alpha value is 0.300. The summed E-state index contributed by atoms with van der Waals surface area (Å²) in [4.78, 5) is 4.30. The smallest absolute Gasteiger partial charge is 0.108 e. The molecule has 0 aromatic heterocycles. The van der Waals surface area contributed by atoms with E-state index in [1.165, 1.54) is 0 Å². The Bertz CT molecular complexity index is 127. The third-order valence-corrected chi connectivity index (χ3v) is 1.87. The number of hydrogen-bond donors (Lipinski definition) is 1. The molecule has 0 amide bonds. The molecule has 2 nitrogen and oxygen atoms in total. The van der Waals surface area contributed by atoms with E-state index in [4.69, 9.17) is 0 Å². The zero-order valence-electron chi connectivity index (χ0n) is 6.08. The lowest BCUT2D eigenvalue weighted by atomic mass is 10.3. The lowest BCUT2D eigenvalue weighted by Gasteiger charge is -2.22. The van der Waals surface area contributed by atoms with Crippen molar-refractivity contribution >= 4 is 35.6 Å². The van der Waals surface area contributed by atoms with E-state index in [9.17, 15) is 0 Å². The van der Waals surface area contributed by atoms with Gasteiger partial charge >= 0.3 is 0 Å². The van der Waals surface area contributed by atoms with Gasteiger partial charge in [-0.15, -0.1) is 17.0 Å². The van der Waals surface area contributed by atoms with Crippen LogP contribution in [0.4, 0.5) is 0 Å². The van der Waals surface area contributed by atoms with Gasteiger partial charge in [-0.05, 0) is 6.42 Å². The van der Waals surface area contributed by atoms with Crippen molar-refractivity contribution in [2.45, 2.75) is 19.8 Å². The Morgan fingerprint density at radius 3 is 2.80 bits per heavy atom. The van der Waals surface area contributed by atoms with Crippen molar-refractivity contribution in [3.05, 3.63) is 0 Å². The third kappa shape index (κ3) is 2.50. The van der Waals surface area contributed by atoms with Crippen molar-refractivity contribution in [3.8, 4) is 0 Å². The summed E-state index contributed by atoms with van der Waals surface area (Å²) in [6.45, 7) is 4.14. The van der Waals surface area contributed by atoms with E-state index in [0.717, 1.165) is 31.8 Å². The predicted octanol–water partition coefficient (Wildman–Crippen LogP) is 1.92. The largest absolute Gasteiger partial charge is 0.307 e. The van der Waals surface area contributed by atoms with Gasteiger partial charge < -0.3 is 4.31 Å². The lowest BCUT2D eigenvalue weighted by molar-refractivity contribution is 0.589. The summed E-state index contributed by atoms with van der Waals surface area (Å²) >= 11 is 4.24. The number of aliphatic imine (C=N–C) groups is 1. The molecule has 0 spiro atoms. The number of halogens is 1. The summed E-state index contributed by atoms with van der Waals surface area (Å²) in [5.41, 5.74) is 0. The summed E-state index contributed by atoms with van der Waals surface area (Å²) in [6, 6.07) is 0. The standard InChI is InChI=1S/C6H12N2S.BrH/c1-2-6-7-4-3-5-8(6)9;/h9H,2-5H2,1H3;1H. The van der Waals surface area contributed by atoms with Crippen LogP contribution < -0.4 is 0 Å². The summed E-state index contributed by atoms with van der Waals surface area (Å²) in [5.74, 6) is 1.13. The topological polar surface area (TPSA) is 15.6 Å². The van der Waals surface area contributed by atoms with Gasteiger partial charge in [0.1, 0.15) is 5.84 Å². The van der Waals surface area contributed by atoms with E-state index in [-0.39, 0.29) is 17.0 Å². The van der Waals surface area contributed by atoms with Crippen molar-refractivity contribution in [1.29, 1.82) is 0 Å². The van der Waals surface area contributed by atoms with Gasteiger partial charge in [0.15, 0.2) is 0 Å². The van der Waals surface area contributed by atoms with Crippen molar-refractivity contribution in [3.63, 3.8) is 0 Å². The summed E-state index contributed by atoms with van der Waals surface area (Å²) in [6.07, 6.45) is 2.15. The number of hydrogen-bond acceptors (Lipinski definition) is 3. The van der Waals surface area contributed by atoms with Crippen LogP contribution in [0.15, 0.2) is 4.99 Å². The molecule has 1 heterocycles. The zero-order valence-corrected chi connectivity index (χ0v) is 8.69. The molecule has 0 aliphatic carbocycles. The van der Waals surface area contributed by atoms with E-state index in [0.29, 0.717) is 0 Å². The first kappa shape index (κ1) is 10.3. The quantitative estimate of drug-likeness (QED) is 0.674. The molecular weight excluding hydrogens is 212 g/mol. The van der Waals surface area contributed by atoms with Crippen LogP contribution in [-0.4, -0.2) is 23.2 Å². The second kappa shape index (κ2) is 5.02. The highest BCUT2D eigenvalue weighted by atomic mass is 79.9. The number of nitrogens with zero attached hydrogens (tertiary/aromatic N) is 2. The van der Waals surface area contributed by atoms with E-state index in [1.807, 2.05) is 4.31 Å². The summed E-state index contributed by atoms with van der Waals surface area (Å²) in [7, 11) is 0. The SMILES string of the molecule is Br.CCC1=NCCCN1S. The van der Waals surface area contributed by atoms with Crippen molar-refractivity contribution in [2.75, 3.05) is 13.1 Å². The maximum atomic E-state index is 4.30. The Morgan fingerprint density at radius 1 is 1.70 bits per heavy atom. The molecule has 0 radical (unpaired) electrons. The highest BCUT2D eigenvalue weighted by Gasteiger charge is 2.07. The van der Waals surface area contributed by atoms with E-state index < -0.39 is 0 Å². The van der Waals surface area contributed by atoms with Crippen LogP contribution in [0, 0.1) is 0 Å². The Morgan fingerprint density at radius 2 is 2.40 bits per heavy atom. The zero-order chi connectivity index (χ0) is 6.69. The molecule has 0 saturated heterocycles. The second-order valence-corrected chi connectivity index (χ2v) is 2.61. The monoisotopic (exact) mass is 224 g/mol. The van der Waals surface area contributed by atoms with Gasteiger partial charge in [-0.3, -0.25) is 4.99 Å². The van der Waals surface area contributed by atoms with E-state index >= 15 is 0 Å². The van der Waals surface area contributed by atoms with Crippen LogP contribution in [-0.2, 0) is 0 Å². The average Bonchev–Trinajstić information content (AvgIpc) is 1.89. The second-order valence-electron chi connectivity index (χ2n) is 2.13. The molecule has 0 aromatic carbocycles. The molecule has 0 aromatic rings. The minimum Gasteiger partial charge on any atom is -0.307 e. The normalized spacial score (nSPS) is 17.8. The Balaban J connectivity index is 0.000000810. The maximum Gasteiger partial charge on any atom is 0.108 e. The number of thiol groups is 1. The van der Waals surface area contributed by atoms with Crippen LogP contribution in [0.5, 0.6) is 0 Å². The molecule has 4 heteroatoms. The van der Waals surface area contributed by atoms with Crippen molar-refractivity contribution in [2.24, 2.45) is 4.99 Å². The van der Waals surface area contributed by atoms with Gasteiger partial charge in [0.25, 0.3) is 0 Å². The number of amidine groups is 1. The molecule has 0 saturated carbocycles. The van der Waals surface area contributed by atoms with Gasteiger partial charge in [-0.2, -0.15) is 0 Å². The van der Waals surface area contributed by atoms with Crippen LogP contribution in [0.3, 0.4) is 0 Å². The minimum atomic E-state index is 0.